The van der Waals surface area contributed by atoms with Gasteiger partial charge in [-0.15, -0.1) is 13.2 Å². The molecule has 0 N–H and O–H groups in total. The maximum atomic E-state index is 11.0. The summed E-state index contributed by atoms with van der Waals surface area (Å²) >= 11 is 0. The number of para-hydroxylation sites is 1. The number of nitro groups is 2. The molecule has 1 aromatic carbocycles. The van der Waals surface area contributed by atoms with Gasteiger partial charge in [-0.05, 0) is 6.07 Å². The van der Waals surface area contributed by atoms with Crippen molar-refractivity contribution in [1.82, 2.24) is 0 Å². The molecule has 7 nitrogen and oxygen atoms in total. The largest absolute Gasteiger partial charge is 0.353 e. The van der Waals surface area contributed by atoms with E-state index in [4.69, 9.17) is 0 Å². The molecule has 0 unspecified atom stereocenters. The number of rotatable bonds is 7. The van der Waals surface area contributed by atoms with E-state index in [9.17, 15) is 20.2 Å². The molecule has 0 bridgehead atoms. The van der Waals surface area contributed by atoms with Gasteiger partial charge in [0.05, 0.1) is 9.85 Å². The first-order valence-electron chi connectivity index (χ1n) is 5.41. The Morgan fingerprint density at radius 1 is 1.05 bits per heavy atom. The van der Waals surface area contributed by atoms with E-state index in [-0.39, 0.29) is 30.2 Å². The molecule has 0 aliphatic heterocycles. The molecule has 0 spiro atoms. The quantitative estimate of drug-likeness (QED) is 0.428. The highest BCUT2D eigenvalue weighted by atomic mass is 16.6. The first-order chi connectivity index (χ1) is 9.02. The highest BCUT2D eigenvalue weighted by Gasteiger charge is 2.28. The molecule has 0 radical (unpaired) electrons. The highest BCUT2D eigenvalue weighted by Crippen LogP contribution is 2.37. The molecule has 0 atom stereocenters. The summed E-state index contributed by atoms with van der Waals surface area (Å²) in [6, 6.07) is 3.77. The smallest absolute Gasteiger partial charge is 0.299 e. The van der Waals surface area contributed by atoms with Crippen LogP contribution in [0, 0.1) is 20.2 Å². The van der Waals surface area contributed by atoms with Crippen LogP contribution in [0.25, 0.3) is 0 Å². The van der Waals surface area contributed by atoms with E-state index < -0.39 is 9.85 Å². The summed E-state index contributed by atoms with van der Waals surface area (Å²) in [4.78, 5) is 22.2. The van der Waals surface area contributed by atoms with E-state index in [0.29, 0.717) is 0 Å². The molecule has 0 heterocycles. The Labute approximate surface area is 109 Å². The summed E-state index contributed by atoms with van der Waals surface area (Å²) in [6.45, 7) is 7.58. The number of benzene rings is 1. The Morgan fingerprint density at radius 2 is 1.47 bits per heavy atom. The predicted octanol–water partition coefficient (Wildman–Crippen LogP) is 2.68. The molecule has 0 saturated carbocycles. The SMILES string of the molecule is C=CCN(CC=C)c1c([N+](=O)[O-])cccc1[N+](=O)[O-]. The summed E-state index contributed by atoms with van der Waals surface area (Å²) < 4.78 is 0. The summed E-state index contributed by atoms with van der Waals surface area (Å²) in [5, 5.41) is 22.0. The number of nitrogens with zero attached hydrogens (tertiary/aromatic N) is 3. The maximum Gasteiger partial charge on any atom is 0.299 e. The lowest BCUT2D eigenvalue weighted by atomic mass is 10.2. The summed E-state index contributed by atoms with van der Waals surface area (Å²) in [5.74, 6) is 0. The fraction of sp³-hybridized carbons (Fsp3) is 0.167. The van der Waals surface area contributed by atoms with Crippen LogP contribution in [0.2, 0.25) is 0 Å². The van der Waals surface area contributed by atoms with Gasteiger partial charge in [0.15, 0.2) is 5.69 Å². The Kier molecular flexibility index (Phi) is 4.76. The van der Waals surface area contributed by atoms with Crippen molar-refractivity contribution in [3.8, 4) is 0 Å². The van der Waals surface area contributed by atoms with Crippen LogP contribution < -0.4 is 4.90 Å². The van der Waals surface area contributed by atoms with E-state index in [0.717, 1.165) is 0 Å². The van der Waals surface area contributed by atoms with Gasteiger partial charge in [-0.2, -0.15) is 0 Å². The monoisotopic (exact) mass is 263 g/mol. The minimum atomic E-state index is -0.637. The third-order valence-electron chi connectivity index (χ3n) is 2.40. The van der Waals surface area contributed by atoms with E-state index in [1.165, 1.54) is 35.3 Å². The van der Waals surface area contributed by atoms with Gasteiger partial charge >= 0.3 is 0 Å². The third-order valence-corrected chi connectivity index (χ3v) is 2.40. The molecule has 0 aliphatic carbocycles. The topological polar surface area (TPSA) is 89.5 Å². The van der Waals surface area contributed by atoms with Crippen LogP contribution >= 0.6 is 0 Å². The molecule has 0 aliphatic rings. The molecule has 0 saturated heterocycles. The van der Waals surface area contributed by atoms with Crippen LogP contribution in [-0.4, -0.2) is 22.9 Å². The van der Waals surface area contributed by atoms with Gasteiger partial charge in [-0.3, -0.25) is 20.2 Å². The Bertz CT molecular complexity index is 485. The molecule has 0 aromatic heterocycles. The second-order valence-corrected chi connectivity index (χ2v) is 3.64. The van der Waals surface area contributed by atoms with Gasteiger partial charge in [-0.25, -0.2) is 0 Å². The minimum absolute atomic E-state index is 0.0303. The summed E-state index contributed by atoms with van der Waals surface area (Å²) in [5.41, 5.74) is -0.645. The zero-order valence-electron chi connectivity index (χ0n) is 10.2. The van der Waals surface area contributed by atoms with E-state index >= 15 is 0 Å². The predicted molar refractivity (Wildman–Crippen MR) is 72.4 cm³/mol. The third kappa shape index (κ3) is 3.15. The maximum absolute atomic E-state index is 11.0. The van der Waals surface area contributed by atoms with Crippen molar-refractivity contribution in [2.75, 3.05) is 18.0 Å². The van der Waals surface area contributed by atoms with Crippen molar-refractivity contribution < 1.29 is 9.85 Å². The van der Waals surface area contributed by atoms with Crippen LogP contribution in [0.15, 0.2) is 43.5 Å². The Balaban J connectivity index is 3.48. The molecular weight excluding hydrogens is 250 g/mol. The summed E-state index contributed by atoms with van der Waals surface area (Å²) in [6.07, 6.45) is 3.04. The molecule has 1 rings (SSSR count). The lowest BCUT2D eigenvalue weighted by molar-refractivity contribution is -0.392. The van der Waals surface area contributed by atoms with Crippen LogP contribution in [0.4, 0.5) is 17.1 Å². The zero-order chi connectivity index (χ0) is 14.4. The second kappa shape index (κ2) is 6.29. The van der Waals surface area contributed by atoms with Crippen molar-refractivity contribution in [2.24, 2.45) is 0 Å². The number of anilines is 1. The molecular formula is C12H13N3O4. The van der Waals surface area contributed by atoms with E-state index in [2.05, 4.69) is 13.2 Å². The molecule has 7 heteroatoms. The second-order valence-electron chi connectivity index (χ2n) is 3.64. The molecule has 100 valence electrons. The Hall–Kier alpha value is -2.70. The molecule has 0 amide bonds. The number of hydrogen-bond acceptors (Lipinski definition) is 5. The van der Waals surface area contributed by atoms with Crippen molar-refractivity contribution in [2.45, 2.75) is 0 Å². The number of hydrogen-bond donors (Lipinski definition) is 0. The summed E-state index contributed by atoms with van der Waals surface area (Å²) in [7, 11) is 0. The fourth-order valence-electron chi connectivity index (χ4n) is 1.71. The van der Waals surface area contributed by atoms with Crippen LogP contribution in [0.1, 0.15) is 0 Å². The lowest BCUT2D eigenvalue weighted by Gasteiger charge is -2.20. The normalized spacial score (nSPS) is 9.68. The van der Waals surface area contributed by atoms with Gasteiger partial charge in [0.25, 0.3) is 11.4 Å². The Morgan fingerprint density at radius 3 is 1.79 bits per heavy atom. The van der Waals surface area contributed by atoms with Crippen molar-refractivity contribution in [3.05, 3.63) is 63.7 Å². The first kappa shape index (κ1) is 14.4. The lowest BCUT2D eigenvalue weighted by Crippen LogP contribution is -2.25. The van der Waals surface area contributed by atoms with Gasteiger partial charge in [0.1, 0.15) is 0 Å². The zero-order valence-corrected chi connectivity index (χ0v) is 10.2. The van der Waals surface area contributed by atoms with Gasteiger partial charge in [0, 0.05) is 25.2 Å². The molecule has 19 heavy (non-hydrogen) atoms. The van der Waals surface area contributed by atoms with Crippen molar-refractivity contribution >= 4 is 17.1 Å². The average Bonchev–Trinajstić information content (AvgIpc) is 2.37. The van der Waals surface area contributed by atoms with Gasteiger partial charge in [-0.1, -0.05) is 12.2 Å². The fourth-order valence-corrected chi connectivity index (χ4v) is 1.71. The molecule has 0 fully saturated rings. The van der Waals surface area contributed by atoms with Crippen molar-refractivity contribution in [1.29, 1.82) is 0 Å². The van der Waals surface area contributed by atoms with E-state index in [1.807, 2.05) is 0 Å². The minimum Gasteiger partial charge on any atom is -0.353 e. The van der Waals surface area contributed by atoms with Crippen LogP contribution in [0.5, 0.6) is 0 Å². The standard InChI is InChI=1S/C12H13N3O4/c1-3-8-13(9-4-2)12-10(14(16)17)6-5-7-11(12)15(18)19/h3-7H,1-2,8-9H2. The number of nitro benzene ring substituents is 2. The van der Waals surface area contributed by atoms with Crippen molar-refractivity contribution in [3.63, 3.8) is 0 Å². The van der Waals surface area contributed by atoms with Gasteiger partial charge < -0.3 is 4.90 Å². The average molecular weight is 263 g/mol. The van der Waals surface area contributed by atoms with Crippen LogP contribution in [0.3, 0.4) is 0 Å². The van der Waals surface area contributed by atoms with Gasteiger partial charge in [0.2, 0.25) is 0 Å². The van der Waals surface area contributed by atoms with Crippen LogP contribution in [-0.2, 0) is 0 Å². The molecule has 1 aromatic rings. The highest BCUT2D eigenvalue weighted by molar-refractivity contribution is 5.75. The first-order valence-corrected chi connectivity index (χ1v) is 5.41. The van der Waals surface area contributed by atoms with E-state index in [1.54, 1.807) is 0 Å².